The minimum Gasteiger partial charge on any atom is -0.269 e. The molecule has 0 aromatic carbocycles. The molecule has 3 nitrogen and oxygen atoms in total. The van der Waals surface area contributed by atoms with Gasteiger partial charge in [0.15, 0.2) is 0 Å². The van der Waals surface area contributed by atoms with E-state index in [0.717, 1.165) is 12.8 Å². The van der Waals surface area contributed by atoms with Gasteiger partial charge in [-0.15, -0.1) is 5.73 Å². The van der Waals surface area contributed by atoms with Crippen molar-refractivity contribution in [3.8, 4) is 0 Å². The fourth-order valence-corrected chi connectivity index (χ4v) is 2.32. The largest absolute Gasteiger partial charge is 0.269 e. The first-order valence-corrected chi connectivity index (χ1v) is 6.36. The van der Waals surface area contributed by atoms with Gasteiger partial charge in [0.25, 0.3) is 11.8 Å². The van der Waals surface area contributed by atoms with Gasteiger partial charge in [0.05, 0.1) is 6.04 Å². The summed E-state index contributed by atoms with van der Waals surface area (Å²) in [5.41, 5.74) is 4.13. The van der Waals surface area contributed by atoms with Crippen molar-refractivity contribution in [1.82, 2.24) is 4.90 Å². The van der Waals surface area contributed by atoms with Crippen LogP contribution in [0.3, 0.4) is 0 Å². The lowest BCUT2D eigenvalue weighted by Crippen LogP contribution is -2.38. The number of hydrogen-bond donors (Lipinski definition) is 0. The number of nitrogens with zero attached hydrogens (tertiary/aromatic N) is 1. The van der Waals surface area contributed by atoms with E-state index >= 15 is 0 Å². The van der Waals surface area contributed by atoms with Crippen molar-refractivity contribution in [1.29, 1.82) is 0 Å². The molecule has 2 rings (SSSR count). The topological polar surface area (TPSA) is 37.4 Å². The van der Waals surface area contributed by atoms with E-state index < -0.39 is 0 Å². The zero-order valence-electron chi connectivity index (χ0n) is 10.8. The van der Waals surface area contributed by atoms with Gasteiger partial charge in [-0.3, -0.25) is 14.5 Å². The summed E-state index contributed by atoms with van der Waals surface area (Å²) in [7, 11) is 0. The van der Waals surface area contributed by atoms with E-state index in [2.05, 4.69) is 5.73 Å². The first-order chi connectivity index (χ1) is 8.70. The molecule has 1 unspecified atom stereocenters. The molecule has 2 amide bonds. The van der Waals surface area contributed by atoms with Crippen LogP contribution in [0.4, 0.5) is 0 Å². The average Bonchev–Trinajstić information content (AvgIpc) is 2.65. The highest BCUT2D eigenvalue weighted by molar-refractivity contribution is 6.25. The molecule has 1 heterocycles. The number of carbonyl (C=O) groups excluding carboxylic acids is 2. The lowest BCUT2D eigenvalue weighted by atomic mass is 10.0. The fourth-order valence-electron chi connectivity index (χ4n) is 2.32. The molecule has 1 saturated heterocycles. The number of rotatable bonds is 3. The predicted octanol–water partition coefficient (Wildman–Crippen LogP) is 2.51. The molecule has 0 N–H and O–H groups in total. The van der Waals surface area contributed by atoms with E-state index in [4.69, 9.17) is 0 Å². The van der Waals surface area contributed by atoms with Gasteiger partial charge in [-0.2, -0.15) is 0 Å². The third-order valence-electron chi connectivity index (χ3n) is 3.26. The van der Waals surface area contributed by atoms with Crippen molar-refractivity contribution in [2.24, 2.45) is 0 Å². The van der Waals surface area contributed by atoms with Crippen LogP contribution in [0, 0.1) is 0 Å². The summed E-state index contributed by atoms with van der Waals surface area (Å²) < 4.78 is 0. The van der Waals surface area contributed by atoms with Gasteiger partial charge >= 0.3 is 0 Å². The Morgan fingerprint density at radius 1 is 1.28 bits per heavy atom. The number of allylic oxidation sites excluding steroid dienone is 2. The maximum atomic E-state index is 12.3. The lowest BCUT2D eigenvalue weighted by molar-refractivity contribution is -0.138. The smallest absolute Gasteiger partial charge is 0.261 e. The molecule has 0 saturated carbocycles. The highest BCUT2D eigenvalue weighted by atomic mass is 16.2. The predicted molar refractivity (Wildman–Crippen MR) is 69.7 cm³/mol. The van der Waals surface area contributed by atoms with E-state index in [-0.39, 0.29) is 17.9 Å². The lowest BCUT2D eigenvalue weighted by Gasteiger charge is -2.20. The summed E-state index contributed by atoms with van der Waals surface area (Å²) in [5.74, 6) is -0.320. The Kier molecular flexibility index (Phi) is 3.63. The monoisotopic (exact) mass is 243 g/mol. The molecule has 1 atom stereocenters. The number of imide groups is 1. The summed E-state index contributed by atoms with van der Waals surface area (Å²) in [6, 6.07) is -0.200. The molecule has 1 aliphatic heterocycles. The van der Waals surface area contributed by atoms with Crippen LogP contribution in [0.15, 0.2) is 41.2 Å². The molecular formula is C15H17NO2. The highest BCUT2D eigenvalue weighted by Gasteiger charge is 2.41. The molecule has 3 heteroatoms. The molecule has 1 fully saturated rings. The second-order valence-corrected chi connectivity index (χ2v) is 4.39. The fraction of sp³-hybridized carbons (Fsp3) is 0.400. The van der Waals surface area contributed by atoms with Crippen molar-refractivity contribution in [2.45, 2.75) is 39.2 Å². The van der Waals surface area contributed by atoms with E-state index in [9.17, 15) is 9.59 Å². The Labute approximate surface area is 107 Å². The third-order valence-corrected chi connectivity index (χ3v) is 3.26. The maximum absolute atomic E-state index is 12.3. The minimum atomic E-state index is -0.200. The van der Waals surface area contributed by atoms with Crippen LogP contribution in [0.25, 0.3) is 0 Å². The zero-order valence-corrected chi connectivity index (χ0v) is 10.8. The van der Waals surface area contributed by atoms with Crippen LogP contribution in [0.2, 0.25) is 0 Å². The molecule has 0 spiro atoms. The summed E-state index contributed by atoms with van der Waals surface area (Å²) in [6.45, 7) is 3.82. The van der Waals surface area contributed by atoms with Gasteiger partial charge in [0, 0.05) is 11.1 Å². The van der Waals surface area contributed by atoms with Crippen molar-refractivity contribution < 1.29 is 9.59 Å². The molecule has 1 aliphatic carbocycles. The quantitative estimate of drug-likeness (QED) is 0.564. The molecule has 2 aliphatic rings. The van der Waals surface area contributed by atoms with Gasteiger partial charge in [-0.05, 0) is 38.3 Å². The first-order valence-electron chi connectivity index (χ1n) is 6.36. The molecular weight excluding hydrogens is 226 g/mol. The molecule has 0 radical (unpaired) electrons. The van der Waals surface area contributed by atoms with Crippen molar-refractivity contribution >= 4 is 11.8 Å². The van der Waals surface area contributed by atoms with Crippen LogP contribution in [-0.2, 0) is 9.59 Å². The Bertz CT molecular complexity index is 473. The van der Waals surface area contributed by atoms with Crippen LogP contribution in [0.5, 0.6) is 0 Å². The van der Waals surface area contributed by atoms with Crippen molar-refractivity contribution in [3.63, 3.8) is 0 Å². The van der Waals surface area contributed by atoms with E-state index in [1.54, 1.807) is 12.2 Å². The Balaban J connectivity index is 2.37. The number of carbonyl (C=O) groups is 2. The average molecular weight is 243 g/mol. The molecule has 18 heavy (non-hydrogen) atoms. The summed E-state index contributed by atoms with van der Waals surface area (Å²) in [6.07, 6.45) is 9.70. The summed E-state index contributed by atoms with van der Waals surface area (Å²) in [4.78, 5) is 25.9. The molecule has 94 valence electrons. The van der Waals surface area contributed by atoms with Crippen LogP contribution < -0.4 is 0 Å². The third kappa shape index (κ3) is 1.98. The second kappa shape index (κ2) is 5.19. The Morgan fingerprint density at radius 2 is 1.83 bits per heavy atom. The maximum Gasteiger partial charge on any atom is 0.261 e. The molecule has 0 bridgehead atoms. The summed E-state index contributed by atoms with van der Waals surface area (Å²) >= 11 is 0. The molecule has 0 aromatic heterocycles. The number of fused-ring (bicyclic) bond motifs is 1. The second-order valence-electron chi connectivity index (χ2n) is 4.39. The standard InChI is InChI=1S/C15H17NO2/c1-3-5-8-11(4-2)16-14(17)12-9-6-7-10-13(12)15(16)18/h3,8-11H,4,6-7H2,1-2H3. The number of likely N-dealkylation sites (tertiary alicyclic amines) is 1. The number of amides is 2. The van der Waals surface area contributed by atoms with E-state index in [0.29, 0.717) is 17.6 Å². The Morgan fingerprint density at radius 3 is 2.28 bits per heavy atom. The van der Waals surface area contributed by atoms with Gasteiger partial charge in [-0.1, -0.05) is 19.1 Å². The minimum absolute atomic E-state index is 0.160. The summed E-state index contributed by atoms with van der Waals surface area (Å²) in [5, 5.41) is 0. The van der Waals surface area contributed by atoms with E-state index in [1.165, 1.54) is 4.90 Å². The van der Waals surface area contributed by atoms with Gasteiger partial charge < -0.3 is 0 Å². The van der Waals surface area contributed by atoms with Crippen LogP contribution >= 0.6 is 0 Å². The van der Waals surface area contributed by atoms with Crippen LogP contribution in [-0.4, -0.2) is 22.8 Å². The Hall–Kier alpha value is -1.86. The van der Waals surface area contributed by atoms with Gasteiger partial charge in [-0.25, -0.2) is 0 Å². The SMILES string of the molecule is CC=C=CC(CC)N1C(=O)C2=CCCC=C2C1=O. The highest BCUT2D eigenvalue weighted by Crippen LogP contribution is 2.31. The van der Waals surface area contributed by atoms with Gasteiger partial charge in [0.2, 0.25) is 0 Å². The van der Waals surface area contributed by atoms with Crippen LogP contribution in [0.1, 0.15) is 33.1 Å². The van der Waals surface area contributed by atoms with Gasteiger partial charge in [0.1, 0.15) is 0 Å². The molecule has 0 aromatic rings. The number of hydrogen-bond acceptors (Lipinski definition) is 2. The normalized spacial score (nSPS) is 19.8. The first kappa shape index (κ1) is 12.6. The zero-order chi connectivity index (χ0) is 13.1. The van der Waals surface area contributed by atoms with E-state index in [1.807, 2.05) is 26.0 Å². The van der Waals surface area contributed by atoms with Crippen molar-refractivity contribution in [2.75, 3.05) is 0 Å². The van der Waals surface area contributed by atoms with Crippen molar-refractivity contribution in [3.05, 3.63) is 41.2 Å².